The highest BCUT2D eigenvalue weighted by atomic mass is 35.5. The monoisotopic (exact) mass is 354 g/mol. The Morgan fingerprint density at radius 1 is 1.12 bits per heavy atom. The lowest BCUT2D eigenvalue weighted by Gasteiger charge is -2.12. The van der Waals surface area contributed by atoms with Crippen molar-refractivity contribution in [3.8, 4) is 0 Å². The number of aromatic nitrogens is 1. The maximum atomic E-state index is 12.8. The van der Waals surface area contributed by atoms with E-state index in [-0.39, 0.29) is 11.0 Å². The summed E-state index contributed by atoms with van der Waals surface area (Å²) in [5, 5.41) is 3.74. The van der Waals surface area contributed by atoms with Crippen molar-refractivity contribution in [1.82, 2.24) is 4.57 Å². The molecule has 0 aliphatic rings. The highest BCUT2D eigenvalue weighted by Gasteiger charge is 2.16. The van der Waals surface area contributed by atoms with Crippen molar-refractivity contribution < 1.29 is 4.79 Å². The molecule has 3 aromatic rings. The number of halogens is 1. The number of hydrogen-bond donors (Lipinski definition) is 1. The van der Waals surface area contributed by atoms with Gasteiger partial charge in [0.1, 0.15) is 5.56 Å². The molecule has 0 bridgehead atoms. The van der Waals surface area contributed by atoms with Crippen LogP contribution in [-0.4, -0.2) is 10.5 Å². The Labute approximate surface area is 151 Å². The fourth-order valence-electron chi connectivity index (χ4n) is 3.04. The lowest BCUT2D eigenvalue weighted by Crippen LogP contribution is -2.24. The van der Waals surface area contributed by atoms with E-state index in [1.54, 1.807) is 24.4 Å². The molecule has 25 heavy (non-hydrogen) atoms. The molecule has 0 aliphatic heterocycles. The second-order valence-corrected chi connectivity index (χ2v) is 6.59. The van der Waals surface area contributed by atoms with Gasteiger partial charge in [0.2, 0.25) is 5.43 Å². The summed E-state index contributed by atoms with van der Waals surface area (Å²) < 4.78 is 1.88. The van der Waals surface area contributed by atoms with Crippen LogP contribution in [0.4, 0.5) is 5.69 Å². The van der Waals surface area contributed by atoms with Gasteiger partial charge in [0.25, 0.3) is 5.91 Å². The molecule has 1 N–H and O–H groups in total. The summed E-state index contributed by atoms with van der Waals surface area (Å²) in [6.07, 6.45) is 1.61. The van der Waals surface area contributed by atoms with Crippen LogP contribution in [0.5, 0.6) is 0 Å². The minimum atomic E-state index is -0.418. The molecule has 0 spiro atoms. The van der Waals surface area contributed by atoms with Gasteiger partial charge in [-0.3, -0.25) is 9.59 Å². The average Bonchev–Trinajstić information content (AvgIpc) is 2.54. The number of nitrogens with zero attached hydrogens (tertiary/aromatic N) is 1. The van der Waals surface area contributed by atoms with E-state index < -0.39 is 5.91 Å². The molecule has 1 amide bonds. The summed E-state index contributed by atoms with van der Waals surface area (Å²) >= 11 is 6.03. The summed E-state index contributed by atoms with van der Waals surface area (Å²) in [5.74, 6) is -0.418. The van der Waals surface area contributed by atoms with E-state index in [1.807, 2.05) is 43.5 Å². The Morgan fingerprint density at radius 3 is 2.44 bits per heavy atom. The predicted molar refractivity (Wildman–Crippen MR) is 103 cm³/mol. The van der Waals surface area contributed by atoms with Crippen LogP contribution >= 0.6 is 11.6 Å². The number of anilines is 1. The zero-order valence-electron chi connectivity index (χ0n) is 14.4. The summed E-state index contributed by atoms with van der Waals surface area (Å²) in [7, 11) is 0. The molecule has 2 aromatic carbocycles. The van der Waals surface area contributed by atoms with E-state index in [0.29, 0.717) is 22.6 Å². The van der Waals surface area contributed by atoms with Gasteiger partial charge in [0, 0.05) is 28.8 Å². The third-order valence-electron chi connectivity index (χ3n) is 4.11. The van der Waals surface area contributed by atoms with Crippen molar-refractivity contribution in [2.45, 2.75) is 27.3 Å². The fourth-order valence-corrected chi connectivity index (χ4v) is 3.21. The minimum Gasteiger partial charge on any atom is -0.347 e. The Hall–Kier alpha value is -2.59. The molecule has 0 fully saturated rings. The molecule has 1 aromatic heterocycles. The zero-order chi connectivity index (χ0) is 18.1. The minimum absolute atomic E-state index is 0.107. The van der Waals surface area contributed by atoms with Gasteiger partial charge in [0.05, 0.1) is 5.52 Å². The van der Waals surface area contributed by atoms with E-state index in [9.17, 15) is 9.59 Å². The van der Waals surface area contributed by atoms with E-state index in [2.05, 4.69) is 5.32 Å². The molecule has 3 rings (SSSR count). The third-order valence-corrected chi connectivity index (χ3v) is 4.34. The van der Waals surface area contributed by atoms with Gasteiger partial charge in [0.15, 0.2) is 0 Å². The number of carbonyl (C=O) groups excluding carboxylic acids is 1. The van der Waals surface area contributed by atoms with Crippen LogP contribution in [0, 0.1) is 13.8 Å². The number of aryl methyl sites for hydroxylation is 3. The average molecular weight is 355 g/mol. The van der Waals surface area contributed by atoms with Gasteiger partial charge in [-0.25, -0.2) is 0 Å². The first-order valence-corrected chi connectivity index (χ1v) is 8.49. The SMILES string of the molecule is CCn1cc(C(=O)Nc2cc(C)cc(C)c2)c(=O)c2cc(Cl)ccc21. The molecule has 0 unspecified atom stereocenters. The first-order chi connectivity index (χ1) is 11.9. The number of benzene rings is 2. The third kappa shape index (κ3) is 3.44. The van der Waals surface area contributed by atoms with Crippen molar-refractivity contribution in [2.75, 3.05) is 5.32 Å². The van der Waals surface area contributed by atoms with Crippen LogP contribution in [0.25, 0.3) is 10.9 Å². The molecule has 0 saturated carbocycles. The van der Waals surface area contributed by atoms with Gasteiger partial charge in [-0.15, -0.1) is 0 Å². The van der Waals surface area contributed by atoms with Crippen molar-refractivity contribution in [1.29, 1.82) is 0 Å². The lowest BCUT2D eigenvalue weighted by atomic mass is 10.1. The highest BCUT2D eigenvalue weighted by Crippen LogP contribution is 2.19. The normalized spacial score (nSPS) is 10.9. The molecule has 0 radical (unpaired) electrons. The molecule has 4 nitrogen and oxygen atoms in total. The largest absolute Gasteiger partial charge is 0.347 e. The number of carbonyl (C=O) groups is 1. The number of hydrogen-bond acceptors (Lipinski definition) is 2. The molecule has 128 valence electrons. The Morgan fingerprint density at radius 2 is 1.80 bits per heavy atom. The van der Waals surface area contributed by atoms with Crippen LogP contribution in [0.2, 0.25) is 5.02 Å². The quantitative estimate of drug-likeness (QED) is 0.750. The summed E-state index contributed by atoms with van der Waals surface area (Å²) in [4.78, 5) is 25.5. The van der Waals surface area contributed by atoms with E-state index in [4.69, 9.17) is 11.6 Å². The van der Waals surface area contributed by atoms with E-state index >= 15 is 0 Å². The molecular weight excluding hydrogens is 336 g/mol. The van der Waals surface area contributed by atoms with E-state index in [0.717, 1.165) is 16.6 Å². The van der Waals surface area contributed by atoms with Gasteiger partial charge in [-0.05, 0) is 62.2 Å². The topological polar surface area (TPSA) is 51.1 Å². The number of rotatable bonds is 3. The number of fused-ring (bicyclic) bond motifs is 1. The first-order valence-electron chi connectivity index (χ1n) is 8.11. The molecule has 5 heteroatoms. The number of nitrogens with one attached hydrogen (secondary N) is 1. The van der Waals surface area contributed by atoms with Crippen molar-refractivity contribution in [2.24, 2.45) is 0 Å². The van der Waals surface area contributed by atoms with Gasteiger partial charge >= 0.3 is 0 Å². The highest BCUT2D eigenvalue weighted by molar-refractivity contribution is 6.31. The molecular formula is C20H19ClN2O2. The second-order valence-electron chi connectivity index (χ2n) is 6.15. The van der Waals surface area contributed by atoms with Crippen molar-refractivity contribution >= 4 is 34.1 Å². The van der Waals surface area contributed by atoms with Crippen LogP contribution in [0.15, 0.2) is 47.4 Å². The maximum absolute atomic E-state index is 12.8. The lowest BCUT2D eigenvalue weighted by molar-refractivity contribution is 0.102. The second kappa shape index (κ2) is 6.73. The van der Waals surface area contributed by atoms with Gasteiger partial charge < -0.3 is 9.88 Å². The Kier molecular flexibility index (Phi) is 4.64. The smallest absolute Gasteiger partial charge is 0.261 e. The molecule has 0 aliphatic carbocycles. The number of amides is 1. The number of pyridine rings is 1. The van der Waals surface area contributed by atoms with Crippen molar-refractivity contribution in [3.63, 3.8) is 0 Å². The Balaban J connectivity index is 2.09. The predicted octanol–water partition coefficient (Wildman–Crippen LogP) is 4.54. The summed E-state index contributed by atoms with van der Waals surface area (Å²) in [5.41, 5.74) is 3.33. The van der Waals surface area contributed by atoms with E-state index in [1.165, 1.54) is 0 Å². The zero-order valence-corrected chi connectivity index (χ0v) is 15.1. The van der Waals surface area contributed by atoms with Crippen LogP contribution in [0.1, 0.15) is 28.4 Å². The maximum Gasteiger partial charge on any atom is 0.261 e. The molecule has 0 atom stereocenters. The standard InChI is InChI=1S/C20H19ClN2O2/c1-4-23-11-17(19(24)16-10-14(21)5-6-18(16)23)20(25)22-15-8-12(2)7-13(3)9-15/h5-11H,4H2,1-3H3,(H,22,25). The van der Waals surface area contributed by atoms with Crippen molar-refractivity contribution in [3.05, 3.63) is 74.5 Å². The molecule has 1 heterocycles. The summed E-state index contributed by atoms with van der Waals surface area (Å²) in [6, 6.07) is 10.9. The fraction of sp³-hybridized carbons (Fsp3) is 0.200. The van der Waals surface area contributed by atoms with Gasteiger partial charge in [-0.2, -0.15) is 0 Å². The first kappa shape index (κ1) is 17.2. The Bertz CT molecular complexity index is 1020. The summed E-state index contributed by atoms with van der Waals surface area (Å²) in [6.45, 7) is 6.53. The molecule has 0 saturated heterocycles. The van der Waals surface area contributed by atoms with Crippen LogP contribution in [0.3, 0.4) is 0 Å². The van der Waals surface area contributed by atoms with Crippen LogP contribution < -0.4 is 10.7 Å². The van der Waals surface area contributed by atoms with Gasteiger partial charge in [-0.1, -0.05) is 17.7 Å². The van der Waals surface area contributed by atoms with Crippen LogP contribution in [-0.2, 0) is 6.54 Å².